The van der Waals surface area contributed by atoms with Crippen LogP contribution in [0.5, 0.6) is 0 Å². The number of rotatable bonds is 2. The number of carbonyl (C=O) groups is 1. The van der Waals surface area contributed by atoms with Gasteiger partial charge >= 0.3 is 0 Å². The average Bonchev–Trinajstić information content (AvgIpc) is 2.68. The van der Waals surface area contributed by atoms with Crippen LogP contribution in [0.3, 0.4) is 0 Å². The second kappa shape index (κ2) is 9.30. The zero-order valence-corrected chi connectivity index (χ0v) is 17.0. The van der Waals surface area contributed by atoms with Crippen molar-refractivity contribution >= 4 is 24.0 Å². The number of H-pyrrole nitrogens is 1. The molecular formula is C20H21N5O3S. The maximum Gasteiger partial charge on any atom is 0.123 e. The molecule has 8 nitrogen and oxygen atoms in total. The summed E-state index contributed by atoms with van der Waals surface area (Å²) in [5.41, 5.74) is 6.65. The van der Waals surface area contributed by atoms with Gasteiger partial charge in [-0.25, -0.2) is 0 Å². The van der Waals surface area contributed by atoms with Crippen LogP contribution in [0.25, 0.3) is 11.1 Å². The van der Waals surface area contributed by atoms with Gasteiger partial charge in [0, 0.05) is 5.56 Å². The number of aromatic amines is 1. The Labute approximate surface area is 174 Å². The summed E-state index contributed by atoms with van der Waals surface area (Å²) >= 11 is 5.03. The van der Waals surface area contributed by atoms with Gasteiger partial charge in [-0.3, -0.25) is 0 Å². The average molecular weight is 411 g/mol. The van der Waals surface area contributed by atoms with Crippen molar-refractivity contribution < 1.29 is 19.1 Å². The number of nitrogen functional groups attached to an aromatic ring is 1. The number of quaternary nitrogens is 1. The summed E-state index contributed by atoms with van der Waals surface area (Å²) in [5, 5.41) is 29.2. The van der Waals surface area contributed by atoms with Crippen molar-refractivity contribution in [3.63, 3.8) is 0 Å². The summed E-state index contributed by atoms with van der Waals surface area (Å²) in [7, 11) is 4.48. The number of carbonyl (C=O) groups excluding carboxylic acids is 1. The van der Waals surface area contributed by atoms with Gasteiger partial charge in [0.25, 0.3) is 0 Å². The molecule has 1 aromatic heterocycles. The van der Waals surface area contributed by atoms with Gasteiger partial charge in [0.15, 0.2) is 0 Å². The Hall–Kier alpha value is -3.24. The lowest BCUT2D eigenvalue weighted by atomic mass is 9.96. The number of carboxylic acid groups (broad SMARTS) is 1. The van der Waals surface area contributed by atoms with E-state index in [1.807, 2.05) is 12.1 Å². The minimum atomic E-state index is -1.31. The smallest absolute Gasteiger partial charge is 0.123 e. The van der Waals surface area contributed by atoms with Gasteiger partial charge in [-0.15, -0.1) is 0 Å². The summed E-state index contributed by atoms with van der Waals surface area (Å²) in [5.74, 6) is -1.26. The van der Waals surface area contributed by atoms with E-state index in [4.69, 9.17) is 22.7 Å². The number of anilines is 1. The summed E-state index contributed by atoms with van der Waals surface area (Å²) in [6, 6.07) is 9.43. The first-order valence-corrected chi connectivity index (χ1v) is 9.18. The number of hydrogen-bond acceptors (Lipinski definition) is 7. The van der Waals surface area contributed by atoms with E-state index in [-0.39, 0.29) is 32.7 Å². The number of aromatic nitrogens is 1. The molecule has 29 heavy (non-hydrogen) atoms. The van der Waals surface area contributed by atoms with Crippen LogP contribution in [0.15, 0.2) is 24.3 Å². The zero-order valence-electron chi connectivity index (χ0n) is 16.2. The molecule has 0 spiro atoms. The van der Waals surface area contributed by atoms with Crippen LogP contribution in [0, 0.1) is 27.3 Å². The Morgan fingerprint density at radius 2 is 1.72 bits per heavy atom. The molecule has 0 bridgehead atoms. The first-order chi connectivity index (χ1) is 13.7. The van der Waals surface area contributed by atoms with Crippen LogP contribution in [0.4, 0.5) is 5.82 Å². The second-order valence-corrected chi connectivity index (χ2v) is 7.48. The SMILES string of the molecule is C[N+]1(C)CCOCC1.N#Cc1c(N)[nH]c(=S)c(C#N)c1-c1ccc(C(=O)[O-])cc1. The fourth-order valence-electron chi connectivity index (χ4n) is 2.74. The van der Waals surface area contributed by atoms with E-state index in [2.05, 4.69) is 19.1 Å². The fraction of sp³-hybridized carbons (Fsp3) is 0.300. The molecule has 3 N–H and O–H groups in total. The predicted octanol–water partition coefficient (Wildman–Crippen LogP) is 1.19. The zero-order chi connectivity index (χ0) is 21.6. The standard InChI is InChI=1S/C14H8N4O2S.C6H14NO/c15-5-9-11(10(6-16)13(21)18-12(9)17)7-1-3-8(4-2-7)14(19)20;1-7(2)3-5-8-6-4-7/h1-4H,(H,19,20)(H3,17,18,21);3-6H2,1-2H3/q;+1/p-1. The summed E-state index contributed by atoms with van der Waals surface area (Å²) in [6.07, 6.45) is 0. The van der Waals surface area contributed by atoms with E-state index in [0.29, 0.717) is 5.56 Å². The van der Waals surface area contributed by atoms with Gasteiger partial charge in [-0.2, -0.15) is 10.5 Å². The normalized spacial score (nSPS) is 14.6. The number of morpholine rings is 1. The first kappa shape index (κ1) is 22.1. The number of benzene rings is 1. The van der Waals surface area contributed by atoms with Crippen molar-refractivity contribution in [2.75, 3.05) is 46.1 Å². The largest absolute Gasteiger partial charge is 0.545 e. The molecular weight excluding hydrogens is 390 g/mol. The van der Waals surface area contributed by atoms with Gasteiger partial charge in [0.05, 0.1) is 38.8 Å². The van der Waals surface area contributed by atoms with Crippen LogP contribution in [-0.2, 0) is 4.74 Å². The Morgan fingerprint density at radius 1 is 1.17 bits per heavy atom. The van der Waals surface area contributed by atoms with Gasteiger partial charge < -0.3 is 29.8 Å². The molecule has 0 amide bonds. The molecule has 2 heterocycles. The molecule has 2 aromatic rings. The molecule has 1 fully saturated rings. The number of aromatic carboxylic acids is 1. The molecule has 0 saturated carbocycles. The lowest BCUT2D eigenvalue weighted by Gasteiger charge is -2.33. The van der Waals surface area contributed by atoms with E-state index >= 15 is 0 Å². The van der Waals surface area contributed by atoms with Crippen LogP contribution in [0.1, 0.15) is 21.5 Å². The molecule has 1 aliphatic heterocycles. The van der Waals surface area contributed by atoms with Crippen LogP contribution >= 0.6 is 12.2 Å². The molecule has 1 saturated heterocycles. The van der Waals surface area contributed by atoms with Crippen molar-refractivity contribution in [1.82, 2.24) is 4.98 Å². The van der Waals surface area contributed by atoms with Crippen molar-refractivity contribution in [3.05, 3.63) is 45.6 Å². The minimum Gasteiger partial charge on any atom is -0.545 e. The first-order valence-electron chi connectivity index (χ1n) is 8.77. The summed E-state index contributed by atoms with van der Waals surface area (Å²) in [6.45, 7) is 4.21. The lowest BCUT2D eigenvalue weighted by Crippen LogP contribution is -2.48. The van der Waals surface area contributed by atoms with Gasteiger partial charge in [-0.05, 0) is 11.1 Å². The number of hydrogen-bond donors (Lipinski definition) is 2. The highest BCUT2D eigenvalue weighted by Crippen LogP contribution is 2.30. The summed E-state index contributed by atoms with van der Waals surface area (Å²) in [4.78, 5) is 13.3. The Morgan fingerprint density at radius 3 is 2.14 bits per heavy atom. The highest BCUT2D eigenvalue weighted by atomic mass is 32.1. The second-order valence-electron chi connectivity index (χ2n) is 7.08. The van der Waals surface area contributed by atoms with Crippen molar-refractivity contribution in [1.29, 1.82) is 10.5 Å². The predicted molar refractivity (Wildman–Crippen MR) is 108 cm³/mol. The Bertz CT molecular complexity index is 1040. The molecule has 1 aliphatic rings. The number of likely N-dealkylation sites (N-methyl/N-ethyl adjacent to an activating group) is 1. The van der Waals surface area contributed by atoms with Gasteiger partial charge in [0.1, 0.15) is 41.2 Å². The number of ether oxygens (including phenoxy) is 1. The van der Waals surface area contributed by atoms with Gasteiger partial charge in [-0.1, -0.05) is 36.5 Å². The molecule has 0 atom stereocenters. The monoisotopic (exact) mass is 411 g/mol. The number of nitriles is 2. The molecule has 0 radical (unpaired) electrons. The highest BCUT2D eigenvalue weighted by molar-refractivity contribution is 7.71. The topological polar surface area (TPSA) is 139 Å². The quantitative estimate of drug-likeness (QED) is 0.559. The highest BCUT2D eigenvalue weighted by Gasteiger charge is 2.18. The number of nitrogens with zero attached hydrogens (tertiary/aromatic N) is 3. The number of pyridine rings is 1. The van der Waals surface area contributed by atoms with E-state index in [1.54, 1.807) is 0 Å². The van der Waals surface area contributed by atoms with E-state index in [0.717, 1.165) is 17.7 Å². The molecule has 150 valence electrons. The molecule has 0 unspecified atom stereocenters. The third kappa shape index (κ3) is 5.39. The van der Waals surface area contributed by atoms with Crippen molar-refractivity contribution in [2.24, 2.45) is 0 Å². The molecule has 3 rings (SSSR count). The van der Waals surface area contributed by atoms with E-state index in [9.17, 15) is 20.4 Å². The number of nitrogens with two attached hydrogens (primary N) is 1. The van der Waals surface area contributed by atoms with Crippen LogP contribution in [0.2, 0.25) is 0 Å². The fourth-order valence-corrected chi connectivity index (χ4v) is 3.00. The summed E-state index contributed by atoms with van der Waals surface area (Å²) < 4.78 is 6.43. The number of nitrogens with one attached hydrogen (secondary N) is 1. The maximum atomic E-state index is 10.7. The Kier molecular flexibility index (Phi) is 7.08. The van der Waals surface area contributed by atoms with Gasteiger partial charge in [0.2, 0.25) is 0 Å². The van der Waals surface area contributed by atoms with Crippen LogP contribution in [-0.4, -0.2) is 55.8 Å². The molecule has 1 aromatic carbocycles. The minimum absolute atomic E-state index is 0.00942. The third-order valence-electron chi connectivity index (χ3n) is 4.56. The lowest BCUT2D eigenvalue weighted by molar-refractivity contribution is -0.898. The van der Waals surface area contributed by atoms with Crippen molar-refractivity contribution in [2.45, 2.75) is 0 Å². The van der Waals surface area contributed by atoms with Crippen molar-refractivity contribution in [3.8, 4) is 23.3 Å². The van der Waals surface area contributed by atoms with Crippen LogP contribution < -0.4 is 10.8 Å². The molecule has 0 aliphatic carbocycles. The van der Waals surface area contributed by atoms with E-state index in [1.165, 1.54) is 37.4 Å². The third-order valence-corrected chi connectivity index (χ3v) is 4.87. The Balaban J connectivity index is 0.000000313. The molecule has 9 heteroatoms. The number of carboxylic acids is 1. The van der Waals surface area contributed by atoms with E-state index < -0.39 is 5.97 Å². The maximum absolute atomic E-state index is 10.7.